The predicted molar refractivity (Wildman–Crippen MR) is 275 cm³/mol. The van der Waals surface area contributed by atoms with E-state index in [0.29, 0.717) is 22.7 Å². The summed E-state index contributed by atoms with van der Waals surface area (Å²) in [6.45, 7) is 10.3. The van der Waals surface area contributed by atoms with Crippen LogP contribution in [0.25, 0.3) is 0 Å². The maximum absolute atomic E-state index is 15.3. The Morgan fingerprint density at radius 2 is 0.468 bits per heavy atom. The second kappa shape index (κ2) is 50.1. The van der Waals surface area contributed by atoms with Gasteiger partial charge in [0.05, 0.1) is 0 Å². The van der Waals surface area contributed by atoms with Crippen LogP contribution in [0.2, 0.25) is 9.45 Å². The molecule has 0 unspecified atom stereocenters. The van der Waals surface area contributed by atoms with Gasteiger partial charge in [0.15, 0.2) is 0 Å². The van der Waals surface area contributed by atoms with Crippen LogP contribution < -0.4 is 0 Å². The van der Waals surface area contributed by atoms with Gasteiger partial charge in [0, 0.05) is 0 Å². The summed E-state index contributed by atoms with van der Waals surface area (Å²) in [7, 11) is 0. The summed E-state index contributed by atoms with van der Waals surface area (Å²) < 4.78 is 30.0. The van der Waals surface area contributed by atoms with E-state index >= 15 is 3.32 Å². The third-order valence-electron chi connectivity index (χ3n) is 13.3. The van der Waals surface area contributed by atoms with Gasteiger partial charge in [-0.2, -0.15) is 0 Å². The SMILES string of the molecule is CCCCCCCC/C=C\CCCCCCCC[O][Ti](=[O])([CH2]CCCCCCC/C=C\CCCCCCCC)([CH2]CCCCCCC/C=C\CCCCCCCC)[O]CCCC. The first-order valence-electron chi connectivity index (χ1n) is 28.7. The Bertz CT molecular complexity index is 968. The molecule has 0 aromatic carbocycles. The molecule has 0 aliphatic rings. The summed E-state index contributed by atoms with van der Waals surface area (Å²) in [5.41, 5.74) is 0. The van der Waals surface area contributed by atoms with E-state index in [9.17, 15) is 0 Å². The van der Waals surface area contributed by atoms with Crippen LogP contribution in [0.4, 0.5) is 0 Å². The van der Waals surface area contributed by atoms with Crippen LogP contribution in [0, 0.1) is 0 Å². The molecule has 0 amide bonds. The molecule has 368 valence electrons. The first kappa shape index (κ1) is 61.7. The topological polar surface area (TPSA) is 35.5 Å². The van der Waals surface area contributed by atoms with Gasteiger partial charge in [0.25, 0.3) is 0 Å². The Morgan fingerprint density at radius 1 is 0.258 bits per heavy atom. The third kappa shape index (κ3) is 44.8. The van der Waals surface area contributed by atoms with Gasteiger partial charge >= 0.3 is 272 Å². The number of unbranched alkanes of at least 4 members (excludes halogenated alkanes) is 37. The van der Waals surface area contributed by atoms with Crippen molar-refractivity contribution in [3.8, 4) is 0 Å². The van der Waals surface area contributed by atoms with Gasteiger partial charge in [0.2, 0.25) is 0 Å². The quantitative estimate of drug-likeness (QED) is 0.0347. The molecule has 0 fully saturated rings. The number of allylic oxidation sites excluding steroid dienone is 6. The molecule has 0 N–H and O–H groups in total. The van der Waals surface area contributed by atoms with E-state index in [2.05, 4.69) is 64.2 Å². The van der Waals surface area contributed by atoms with Crippen LogP contribution in [-0.2, 0) is 26.0 Å². The van der Waals surface area contributed by atoms with Crippen molar-refractivity contribution in [1.82, 2.24) is 0 Å². The zero-order valence-corrected chi connectivity index (χ0v) is 44.7. The zero-order valence-electron chi connectivity index (χ0n) is 43.1. The number of rotatable bonds is 53. The summed E-state index contributed by atoms with van der Waals surface area (Å²) >= 11 is -4.80. The molecule has 0 aromatic rings. The second-order valence-electron chi connectivity index (χ2n) is 19.7. The van der Waals surface area contributed by atoms with E-state index in [1.165, 1.54) is 238 Å². The first-order chi connectivity index (χ1) is 30.5. The van der Waals surface area contributed by atoms with Crippen LogP contribution in [0.1, 0.15) is 310 Å². The summed E-state index contributed by atoms with van der Waals surface area (Å²) in [4.78, 5) is 0. The van der Waals surface area contributed by atoms with E-state index in [4.69, 9.17) is 6.64 Å². The van der Waals surface area contributed by atoms with Gasteiger partial charge < -0.3 is 0 Å². The molecule has 4 heteroatoms. The van der Waals surface area contributed by atoms with Crippen LogP contribution in [0.15, 0.2) is 36.5 Å². The summed E-state index contributed by atoms with van der Waals surface area (Å²) in [6.07, 6.45) is 70.8. The molecule has 0 heterocycles. The fraction of sp³-hybridized carbons (Fsp3) is 0.897. The van der Waals surface area contributed by atoms with Crippen molar-refractivity contribution in [1.29, 1.82) is 0 Å². The Labute approximate surface area is 393 Å². The van der Waals surface area contributed by atoms with Crippen LogP contribution >= 0.6 is 0 Å². The molecule has 0 atom stereocenters. The van der Waals surface area contributed by atoms with Gasteiger partial charge in [0.1, 0.15) is 0 Å². The average molecular weight is 907 g/mol. The maximum atomic E-state index is 15.3. The van der Waals surface area contributed by atoms with Gasteiger partial charge in [-0.15, -0.1) is 0 Å². The van der Waals surface area contributed by atoms with Crippen molar-refractivity contribution in [3.05, 3.63) is 36.5 Å². The fourth-order valence-corrected chi connectivity index (χ4v) is 15.2. The molecule has 0 radical (unpaired) electrons. The molecule has 0 spiro atoms. The van der Waals surface area contributed by atoms with E-state index < -0.39 is 16.1 Å². The third-order valence-corrected chi connectivity index (χ3v) is 20.1. The summed E-state index contributed by atoms with van der Waals surface area (Å²) in [6, 6.07) is 0. The zero-order chi connectivity index (χ0) is 45.0. The van der Waals surface area contributed by atoms with E-state index in [0.717, 1.165) is 44.9 Å². The van der Waals surface area contributed by atoms with Crippen molar-refractivity contribution in [2.24, 2.45) is 0 Å². The molecule has 0 rings (SSSR count). The van der Waals surface area contributed by atoms with E-state index in [1.54, 1.807) is 0 Å². The Kier molecular flexibility index (Phi) is 49.8. The monoisotopic (exact) mass is 907 g/mol. The van der Waals surface area contributed by atoms with Crippen molar-refractivity contribution >= 4 is 0 Å². The van der Waals surface area contributed by atoms with Crippen molar-refractivity contribution in [2.75, 3.05) is 13.2 Å². The predicted octanol–water partition coefficient (Wildman–Crippen LogP) is 21.6. The fourth-order valence-electron chi connectivity index (χ4n) is 8.98. The van der Waals surface area contributed by atoms with Gasteiger partial charge in [-0.25, -0.2) is 0 Å². The average Bonchev–Trinajstić information content (AvgIpc) is 3.27. The van der Waals surface area contributed by atoms with Crippen LogP contribution in [0.3, 0.4) is 0 Å². The molecule has 0 saturated carbocycles. The minimum atomic E-state index is -4.80. The molecule has 0 aromatic heterocycles. The standard InChI is InChI=1S/C18H35O.2C18H35.C4H9O.O.Ti/c1-2-3-4-5-6-7-8-9-10-11-12-13-14-15-16-17-18-19;2*1-3-5-7-9-11-13-15-17-18-16-14-12-10-8-6-4-2;1-2-3-4-5;;/h9-10H,2-8,11-18H2,1H3;2*17-18H,1,3-16H2,2H3;2-4H2,1H3;;/q-1;;;-1;;+2/b10-9-;2*18-17-;;;. The van der Waals surface area contributed by atoms with Crippen molar-refractivity contribution in [2.45, 2.75) is 320 Å². The number of hydrogen-bond donors (Lipinski definition) is 0. The van der Waals surface area contributed by atoms with Crippen LogP contribution in [0.5, 0.6) is 0 Å². The van der Waals surface area contributed by atoms with Crippen LogP contribution in [-0.4, -0.2) is 13.2 Å². The van der Waals surface area contributed by atoms with Gasteiger partial charge in [-0.3, -0.25) is 0 Å². The minimum absolute atomic E-state index is 0.601. The number of hydrogen-bond acceptors (Lipinski definition) is 3. The summed E-state index contributed by atoms with van der Waals surface area (Å²) in [5.74, 6) is 0. The van der Waals surface area contributed by atoms with Gasteiger partial charge in [-0.1, -0.05) is 117 Å². The van der Waals surface area contributed by atoms with E-state index in [-0.39, 0.29) is 0 Å². The normalized spacial score (nSPS) is 12.7. The van der Waals surface area contributed by atoms with E-state index in [1.807, 2.05) is 0 Å². The molecule has 3 nitrogen and oxygen atoms in total. The summed E-state index contributed by atoms with van der Waals surface area (Å²) in [5, 5.41) is 0. The molecule has 0 bridgehead atoms. The van der Waals surface area contributed by atoms with Gasteiger partial charge in [-0.05, 0) is 6.42 Å². The second-order valence-corrected chi connectivity index (χ2v) is 26.5. The Balaban J connectivity index is 4.74. The molecule has 0 saturated heterocycles. The molecule has 0 aliphatic heterocycles. The molecular weight excluding hydrogens is 793 g/mol. The Hall–Kier alpha value is -0.346. The first-order valence-corrected chi connectivity index (χ1v) is 32.8. The molecule has 62 heavy (non-hydrogen) atoms. The Morgan fingerprint density at radius 3 is 0.742 bits per heavy atom. The van der Waals surface area contributed by atoms with Crippen molar-refractivity contribution in [3.63, 3.8) is 0 Å². The molecular formula is C58H114O3Ti. The van der Waals surface area contributed by atoms with Crippen molar-refractivity contribution < 1.29 is 26.0 Å². The molecule has 0 aliphatic carbocycles.